The number of rotatable bonds is 4. The number of nitrogens with one attached hydrogen (secondary N) is 1. The average Bonchev–Trinajstić information content (AvgIpc) is 3.02. The molecule has 2 N–H and O–H groups in total. The van der Waals surface area contributed by atoms with E-state index >= 15 is 0 Å². The molecule has 6 unspecified atom stereocenters. The maximum atomic E-state index is 12.5. The highest BCUT2D eigenvalue weighted by molar-refractivity contribution is 5.83. The van der Waals surface area contributed by atoms with Crippen molar-refractivity contribution in [2.45, 2.75) is 51.0 Å². The van der Waals surface area contributed by atoms with Crippen molar-refractivity contribution in [3.05, 3.63) is 29.8 Å². The Morgan fingerprint density at radius 2 is 1.95 bits per heavy atom. The number of hydrogen-bond acceptors (Lipinski definition) is 2. The molecule has 0 aliphatic heterocycles. The van der Waals surface area contributed by atoms with Crippen molar-refractivity contribution in [3.8, 4) is 5.75 Å². The third kappa shape index (κ3) is 2.51. The molecule has 0 radical (unpaired) electrons. The first-order valence-corrected chi connectivity index (χ1v) is 8.71. The second kappa shape index (κ2) is 5.29. The van der Waals surface area contributed by atoms with Gasteiger partial charge in [0.25, 0.3) is 0 Å². The molecule has 0 saturated heterocycles. The highest BCUT2D eigenvalue weighted by Crippen LogP contribution is 2.50. The van der Waals surface area contributed by atoms with Gasteiger partial charge in [0.2, 0.25) is 5.91 Å². The first-order chi connectivity index (χ1) is 10.6. The number of carbonyl (C=O) groups is 1. The quantitative estimate of drug-likeness (QED) is 0.895. The molecule has 22 heavy (non-hydrogen) atoms. The number of aromatic hydroxyl groups is 1. The molecular formula is C19H25NO2. The van der Waals surface area contributed by atoms with E-state index in [0.29, 0.717) is 17.9 Å². The summed E-state index contributed by atoms with van der Waals surface area (Å²) >= 11 is 0. The summed E-state index contributed by atoms with van der Waals surface area (Å²) in [5, 5.41) is 12.6. The molecule has 3 aliphatic carbocycles. The standard InChI is InChI=1S/C19H25NO2/c1-11(16-9-12-2-3-14(16)8-12)20-19(22)18-10-17(18)13-4-6-15(21)7-5-13/h4-7,11-12,14,16-18,21H,2-3,8-10H2,1H3,(H,20,22). The zero-order valence-corrected chi connectivity index (χ0v) is 13.2. The SMILES string of the molecule is CC(NC(=O)C1CC1c1ccc(O)cc1)C1CC2CCC1C2. The second-order valence-electron chi connectivity index (χ2n) is 7.68. The van der Waals surface area contributed by atoms with E-state index < -0.39 is 0 Å². The number of benzene rings is 1. The Kier molecular flexibility index (Phi) is 3.39. The fourth-order valence-corrected chi connectivity index (χ4v) is 4.92. The van der Waals surface area contributed by atoms with Crippen molar-refractivity contribution >= 4 is 5.91 Å². The predicted octanol–water partition coefficient (Wildman–Crippen LogP) is 3.44. The lowest BCUT2D eigenvalue weighted by Crippen LogP contribution is -2.41. The predicted molar refractivity (Wildman–Crippen MR) is 85.5 cm³/mol. The minimum atomic E-state index is 0.130. The number of amides is 1. The van der Waals surface area contributed by atoms with Crippen molar-refractivity contribution in [3.63, 3.8) is 0 Å². The fourth-order valence-electron chi connectivity index (χ4n) is 4.92. The van der Waals surface area contributed by atoms with E-state index in [1.807, 2.05) is 12.1 Å². The average molecular weight is 299 g/mol. The minimum Gasteiger partial charge on any atom is -0.508 e. The first kappa shape index (κ1) is 14.1. The Morgan fingerprint density at radius 1 is 1.18 bits per heavy atom. The Morgan fingerprint density at radius 3 is 2.59 bits per heavy atom. The van der Waals surface area contributed by atoms with Crippen molar-refractivity contribution in [1.82, 2.24) is 5.32 Å². The zero-order valence-electron chi connectivity index (χ0n) is 13.2. The summed E-state index contributed by atoms with van der Waals surface area (Å²) in [6.07, 6.45) is 6.44. The van der Waals surface area contributed by atoms with Crippen LogP contribution in [0.15, 0.2) is 24.3 Å². The highest BCUT2D eigenvalue weighted by atomic mass is 16.3. The van der Waals surface area contributed by atoms with Gasteiger partial charge in [0.1, 0.15) is 5.75 Å². The van der Waals surface area contributed by atoms with Gasteiger partial charge in [-0.3, -0.25) is 4.79 Å². The van der Waals surface area contributed by atoms with Gasteiger partial charge in [-0.2, -0.15) is 0 Å². The van der Waals surface area contributed by atoms with Crippen LogP contribution in [0.3, 0.4) is 0 Å². The number of phenolic OH excluding ortho intramolecular Hbond substituents is 1. The number of hydrogen-bond donors (Lipinski definition) is 2. The molecule has 3 heteroatoms. The molecule has 6 atom stereocenters. The molecule has 4 rings (SSSR count). The van der Waals surface area contributed by atoms with E-state index in [1.54, 1.807) is 12.1 Å². The van der Waals surface area contributed by atoms with Crippen LogP contribution >= 0.6 is 0 Å². The van der Waals surface area contributed by atoms with E-state index in [4.69, 9.17) is 0 Å². The number of carbonyl (C=O) groups excluding carboxylic acids is 1. The summed E-state index contributed by atoms with van der Waals surface area (Å²) in [6, 6.07) is 7.61. The Balaban J connectivity index is 1.33. The van der Waals surface area contributed by atoms with Crippen LogP contribution in [0.2, 0.25) is 0 Å². The molecule has 1 aromatic carbocycles. The third-order valence-electron chi connectivity index (χ3n) is 6.25. The molecule has 0 heterocycles. The van der Waals surface area contributed by atoms with E-state index in [2.05, 4.69) is 12.2 Å². The van der Waals surface area contributed by atoms with Gasteiger partial charge in [0.15, 0.2) is 0 Å². The molecule has 3 aliphatic rings. The topological polar surface area (TPSA) is 49.3 Å². The molecular weight excluding hydrogens is 274 g/mol. The van der Waals surface area contributed by atoms with Crippen LogP contribution in [-0.4, -0.2) is 17.1 Å². The summed E-state index contributed by atoms with van der Waals surface area (Å²) in [7, 11) is 0. The largest absolute Gasteiger partial charge is 0.508 e. The summed E-state index contributed by atoms with van der Waals surface area (Å²) in [6.45, 7) is 2.20. The molecule has 1 amide bonds. The maximum absolute atomic E-state index is 12.5. The normalized spacial score (nSPS) is 37.0. The van der Waals surface area contributed by atoms with Crippen LogP contribution in [0.4, 0.5) is 0 Å². The summed E-state index contributed by atoms with van der Waals surface area (Å²) in [4.78, 5) is 12.5. The third-order valence-corrected chi connectivity index (χ3v) is 6.25. The molecule has 1 aromatic rings. The molecule has 3 saturated carbocycles. The van der Waals surface area contributed by atoms with E-state index in [1.165, 1.54) is 31.2 Å². The van der Waals surface area contributed by atoms with Gasteiger partial charge >= 0.3 is 0 Å². The number of phenols is 1. The van der Waals surface area contributed by atoms with Gasteiger partial charge in [-0.25, -0.2) is 0 Å². The Hall–Kier alpha value is -1.51. The van der Waals surface area contributed by atoms with Crippen LogP contribution in [0.1, 0.15) is 50.5 Å². The number of fused-ring (bicyclic) bond motifs is 2. The van der Waals surface area contributed by atoms with Crippen molar-refractivity contribution in [1.29, 1.82) is 0 Å². The molecule has 0 aromatic heterocycles. The molecule has 2 bridgehead atoms. The minimum absolute atomic E-state index is 0.130. The molecule has 3 fully saturated rings. The summed E-state index contributed by atoms with van der Waals surface area (Å²) in [5.41, 5.74) is 1.17. The Labute approximate surface area is 132 Å². The lowest BCUT2D eigenvalue weighted by molar-refractivity contribution is -0.123. The van der Waals surface area contributed by atoms with Crippen LogP contribution in [0.5, 0.6) is 5.75 Å². The van der Waals surface area contributed by atoms with Crippen molar-refractivity contribution < 1.29 is 9.90 Å². The first-order valence-electron chi connectivity index (χ1n) is 8.71. The zero-order chi connectivity index (χ0) is 15.3. The van der Waals surface area contributed by atoms with Crippen LogP contribution in [-0.2, 0) is 4.79 Å². The lowest BCUT2D eigenvalue weighted by Gasteiger charge is -2.28. The van der Waals surface area contributed by atoms with E-state index in [0.717, 1.165) is 18.3 Å². The van der Waals surface area contributed by atoms with Crippen LogP contribution < -0.4 is 5.32 Å². The molecule has 118 valence electrons. The smallest absolute Gasteiger partial charge is 0.223 e. The van der Waals surface area contributed by atoms with Gasteiger partial charge < -0.3 is 10.4 Å². The van der Waals surface area contributed by atoms with Gasteiger partial charge in [0.05, 0.1) is 0 Å². The summed E-state index contributed by atoms with van der Waals surface area (Å²) in [5.74, 6) is 3.48. The van der Waals surface area contributed by atoms with Gasteiger partial charge in [-0.05, 0) is 74.0 Å². The van der Waals surface area contributed by atoms with Crippen molar-refractivity contribution in [2.75, 3.05) is 0 Å². The van der Waals surface area contributed by atoms with Crippen LogP contribution in [0, 0.1) is 23.7 Å². The maximum Gasteiger partial charge on any atom is 0.223 e. The second-order valence-corrected chi connectivity index (χ2v) is 7.68. The van der Waals surface area contributed by atoms with Crippen molar-refractivity contribution in [2.24, 2.45) is 23.7 Å². The Bertz CT molecular complexity index is 567. The van der Waals surface area contributed by atoms with E-state index in [-0.39, 0.29) is 17.6 Å². The van der Waals surface area contributed by atoms with Gasteiger partial charge in [-0.15, -0.1) is 0 Å². The lowest BCUT2D eigenvalue weighted by atomic mass is 9.84. The highest BCUT2D eigenvalue weighted by Gasteiger charge is 2.46. The molecule has 0 spiro atoms. The van der Waals surface area contributed by atoms with E-state index in [9.17, 15) is 9.90 Å². The van der Waals surface area contributed by atoms with Crippen LogP contribution in [0.25, 0.3) is 0 Å². The monoisotopic (exact) mass is 299 g/mol. The van der Waals surface area contributed by atoms with Gasteiger partial charge in [0, 0.05) is 12.0 Å². The van der Waals surface area contributed by atoms with Gasteiger partial charge in [-0.1, -0.05) is 18.6 Å². The molecule has 3 nitrogen and oxygen atoms in total. The summed E-state index contributed by atoms with van der Waals surface area (Å²) < 4.78 is 0. The fraction of sp³-hybridized carbons (Fsp3) is 0.632.